The lowest BCUT2D eigenvalue weighted by molar-refractivity contribution is -0.126. The summed E-state index contributed by atoms with van der Waals surface area (Å²) in [5, 5.41) is 2.90. The molecule has 2 rings (SSSR count). The van der Waals surface area contributed by atoms with Gasteiger partial charge in [0.25, 0.3) is 0 Å². The molecule has 1 unspecified atom stereocenters. The van der Waals surface area contributed by atoms with Gasteiger partial charge in [0, 0.05) is 33.4 Å². The molecule has 6 nitrogen and oxygen atoms in total. The van der Waals surface area contributed by atoms with Gasteiger partial charge < -0.3 is 15.1 Å². The number of likely N-dealkylation sites (tertiary alicyclic amines) is 1. The number of pyridine rings is 1. The highest BCUT2D eigenvalue weighted by atomic mass is 16.2. The van der Waals surface area contributed by atoms with Gasteiger partial charge in [0.05, 0.1) is 18.2 Å². The number of piperidine rings is 1. The Morgan fingerprint density at radius 1 is 1.43 bits per heavy atom. The van der Waals surface area contributed by atoms with Gasteiger partial charge in [-0.15, -0.1) is 0 Å². The minimum Gasteiger partial charge on any atom is -0.350 e. The Hall–Kier alpha value is -2.11. The summed E-state index contributed by atoms with van der Waals surface area (Å²) in [7, 11) is 3.46. The first kappa shape index (κ1) is 15.3. The van der Waals surface area contributed by atoms with Gasteiger partial charge in [-0.25, -0.2) is 4.79 Å². The SMILES string of the molecule is CN(C)C(=O)N1CCCC(C(=O)NCc2ccccn2)C1. The molecule has 1 atom stereocenters. The number of nitrogens with one attached hydrogen (secondary N) is 1. The molecule has 1 aliphatic heterocycles. The summed E-state index contributed by atoms with van der Waals surface area (Å²) >= 11 is 0. The van der Waals surface area contributed by atoms with Crippen molar-refractivity contribution in [2.75, 3.05) is 27.2 Å². The highest BCUT2D eigenvalue weighted by molar-refractivity contribution is 5.80. The standard InChI is InChI=1S/C15H22N4O2/c1-18(2)15(21)19-9-5-6-12(11-19)14(20)17-10-13-7-3-4-8-16-13/h3-4,7-8,12H,5-6,9-11H2,1-2H3,(H,17,20). The van der Waals surface area contributed by atoms with Crippen molar-refractivity contribution in [3.8, 4) is 0 Å². The van der Waals surface area contributed by atoms with Crippen LogP contribution in [0.5, 0.6) is 0 Å². The Bertz CT molecular complexity index is 490. The molecule has 6 heteroatoms. The molecule has 0 aromatic carbocycles. The summed E-state index contributed by atoms with van der Waals surface area (Å²) in [6, 6.07) is 5.59. The van der Waals surface area contributed by atoms with Gasteiger partial charge in [-0.2, -0.15) is 0 Å². The highest BCUT2D eigenvalue weighted by Crippen LogP contribution is 2.17. The van der Waals surface area contributed by atoms with Crippen LogP contribution in [0.1, 0.15) is 18.5 Å². The van der Waals surface area contributed by atoms with E-state index in [0.717, 1.165) is 25.1 Å². The first-order valence-corrected chi connectivity index (χ1v) is 7.22. The zero-order valence-corrected chi connectivity index (χ0v) is 12.6. The van der Waals surface area contributed by atoms with Crippen LogP contribution in [0.2, 0.25) is 0 Å². The van der Waals surface area contributed by atoms with E-state index in [-0.39, 0.29) is 17.9 Å². The van der Waals surface area contributed by atoms with Crippen molar-refractivity contribution < 1.29 is 9.59 Å². The third-order valence-corrected chi connectivity index (χ3v) is 3.62. The van der Waals surface area contributed by atoms with Gasteiger partial charge >= 0.3 is 6.03 Å². The smallest absolute Gasteiger partial charge is 0.319 e. The fourth-order valence-electron chi connectivity index (χ4n) is 2.47. The maximum Gasteiger partial charge on any atom is 0.319 e. The average molecular weight is 290 g/mol. The first-order valence-electron chi connectivity index (χ1n) is 7.22. The van der Waals surface area contributed by atoms with E-state index in [2.05, 4.69) is 10.3 Å². The number of nitrogens with zero attached hydrogens (tertiary/aromatic N) is 3. The largest absolute Gasteiger partial charge is 0.350 e. The number of carbonyl (C=O) groups is 2. The average Bonchev–Trinajstić information content (AvgIpc) is 2.53. The van der Waals surface area contributed by atoms with E-state index < -0.39 is 0 Å². The molecule has 1 aromatic heterocycles. The number of carbonyl (C=O) groups excluding carboxylic acids is 2. The molecule has 1 aromatic rings. The van der Waals surface area contributed by atoms with E-state index in [9.17, 15) is 9.59 Å². The molecule has 3 amide bonds. The quantitative estimate of drug-likeness (QED) is 0.906. The lowest BCUT2D eigenvalue weighted by atomic mass is 9.97. The molecule has 0 bridgehead atoms. The third kappa shape index (κ3) is 4.18. The van der Waals surface area contributed by atoms with E-state index in [0.29, 0.717) is 13.1 Å². The topological polar surface area (TPSA) is 65.5 Å². The van der Waals surface area contributed by atoms with E-state index >= 15 is 0 Å². The molecular formula is C15H22N4O2. The van der Waals surface area contributed by atoms with Gasteiger partial charge in [0.15, 0.2) is 0 Å². The molecule has 21 heavy (non-hydrogen) atoms. The van der Waals surface area contributed by atoms with E-state index in [1.807, 2.05) is 18.2 Å². The Labute approximate surface area is 125 Å². The Morgan fingerprint density at radius 2 is 2.24 bits per heavy atom. The van der Waals surface area contributed by atoms with Crippen LogP contribution in [-0.2, 0) is 11.3 Å². The lowest BCUT2D eigenvalue weighted by Gasteiger charge is -2.33. The number of rotatable bonds is 3. The Morgan fingerprint density at radius 3 is 2.90 bits per heavy atom. The molecule has 2 heterocycles. The second kappa shape index (κ2) is 7.06. The van der Waals surface area contributed by atoms with Crippen molar-refractivity contribution in [2.24, 2.45) is 5.92 Å². The van der Waals surface area contributed by atoms with Crippen LogP contribution in [0.15, 0.2) is 24.4 Å². The van der Waals surface area contributed by atoms with Crippen molar-refractivity contribution in [3.05, 3.63) is 30.1 Å². The fourth-order valence-corrected chi connectivity index (χ4v) is 2.47. The number of aromatic nitrogens is 1. The third-order valence-electron chi connectivity index (χ3n) is 3.62. The van der Waals surface area contributed by atoms with Gasteiger partial charge in [0.2, 0.25) is 5.91 Å². The maximum absolute atomic E-state index is 12.2. The van der Waals surface area contributed by atoms with Gasteiger partial charge in [-0.05, 0) is 25.0 Å². The lowest BCUT2D eigenvalue weighted by Crippen LogP contribution is -2.48. The first-order chi connectivity index (χ1) is 10.1. The van der Waals surface area contributed by atoms with Gasteiger partial charge in [-0.3, -0.25) is 9.78 Å². The van der Waals surface area contributed by atoms with Crippen LogP contribution in [0.4, 0.5) is 4.79 Å². The molecular weight excluding hydrogens is 268 g/mol. The number of urea groups is 1. The number of hydrogen-bond donors (Lipinski definition) is 1. The summed E-state index contributed by atoms with van der Waals surface area (Å²) in [4.78, 5) is 31.6. The van der Waals surface area contributed by atoms with Crippen LogP contribution in [-0.4, -0.2) is 53.9 Å². The molecule has 1 aliphatic rings. The van der Waals surface area contributed by atoms with Crippen molar-refractivity contribution in [1.82, 2.24) is 20.1 Å². The number of hydrogen-bond acceptors (Lipinski definition) is 3. The van der Waals surface area contributed by atoms with Crippen molar-refractivity contribution in [2.45, 2.75) is 19.4 Å². The summed E-state index contributed by atoms with van der Waals surface area (Å²) in [6.07, 6.45) is 3.39. The Kier molecular flexibility index (Phi) is 5.14. The normalized spacial score (nSPS) is 18.2. The van der Waals surface area contributed by atoms with Crippen molar-refractivity contribution >= 4 is 11.9 Å². The molecule has 0 aliphatic carbocycles. The molecule has 1 N–H and O–H groups in total. The Balaban J connectivity index is 1.86. The second-order valence-corrected chi connectivity index (χ2v) is 5.50. The van der Waals surface area contributed by atoms with E-state index in [4.69, 9.17) is 0 Å². The highest BCUT2D eigenvalue weighted by Gasteiger charge is 2.28. The fraction of sp³-hybridized carbons (Fsp3) is 0.533. The van der Waals surface area contributed by atoms with Crippen LogP contribution in [0, 0.1) is 5.92 Å². The van der Waals surface area contributed by atoms with Crippen LogP contribution < -0.4 is 5.32 Å². The summed E-state index contributed by atoms with van der Waals surface area (Å²) in [5.41, 5.74) is 0.836. The van der Waals surface area contributed by atoms with Crippen molar-refractivity contribution in [1.29, 1.82) is 0 Å². The van der Waals surface area contributed by atoms with Crippen LogP contribution in [0.3, 0.4) is 0 Å². The summed E-state index contributed by atoms with van der Waals surface area (Å²) < 4.78 is 0. The monoisotopic (exact) mass is 290 g/mol. The molecule has 0 spiro atoms. The van der Waals surface area contributed by atoms with Crippen LogP contribution in [0.25, 0.3) is 0 Å². The molecule has 0 radical (unpaired) electrons. The second-order valence-electron chi connectivity index (χ2n) is 5.50. The predicted molar refractivity (Wildman–Crippen MR) is 79.5 cm³/mol. The maximum atomic E-state index is 12.2. The molecule has 1 saturated heterocycles. The van der Waals surface area contributed by atoms with Gasteiger partial charge in [-0.1, -0.05) is 6.07 Å². The van der Waals surface area contributed by atoms with Crippen molar-refractivity contribution in [3.63, 3.8) is 0 Å². The van der Waals surface area contributed by atoms with E-state index in [1.54, 1.807) is 30.1 Å². The number of amides is 3. The zero-order valence-electron chi connectivity index (χ0n) is 12.6. The summed E-state index contributed by atoms with van der Waals surface area (Å²) in [6.45, 7) is 1.64. The minimum absolute atomic E-state index is 0.00286. The predicted octanol–water partition coefficient (Wildman–Crippen LogP) is 1.09. The molecule has 1 fully saturated rings. The minimum atomic E-state index is -0.133. The van der Waals surface area contributed by atoms with Crippen LogP contribution >= 0.6 is 0 Å². The van der Waals surface area contributed by atoms with Gasteiger partial charge in [0.1, 0.15) is 0 Å². The zero-order chi connectivity index (χ0) is 15.2. The molecule has 114 valence electrons. The summed E-state index contributed by atoms with van der Waals surface area (Å²) in [5.74, 6) is -0.136. The molecule has 0 saturated carbocycles. The van der Waals surface area contributed by atoms with E-state index in [1.165, 1.54) is 0 Å².